The average molecular weight is 1110 g/mol. The van der Waals surface area contributed by atoms with Crippen LogP contribution < -0.4 is 10.9 Å². The van der Waals surface area contributed by atoms with Crippen LogP contribution in [0.5, 0.6) is 0 Å². The second-order valence-electron chi connectivity index (χ2n) is 19.0. The van der Waals surface area contributed by atoms with E-state index in [1.54, 1.807) is 41.8 Å². The molecular formula is C44H62FN9O14P2SSi2. The number of aromatic amines is 1. The number of aromatic nitrogens is 7. The number of nitriles is 1. The molecule has 2 saturated heterocycles. The number of fused-ring (bicyclic) bond motifs is 2. The number of H-pyrrole nitrogens is 1. The third-order valence-electron chi connectivity index (χ3n) is 13.1. The Balaban J connectivity index is 1.26. The third-order valence-corrected chi connectivity index (χ3v) is 25.7. The number of anilines is 1. The molecule has 2 aliphatic rings. The number of amides is 1. The molecule has 29 heteroatoms. The maximum Gasteiger partial charge on any atom is 0.335 e. The van der Waals surface area contributed by atoms with Crippen molar-refractivity contribution in [3.05, 3.63) is 77.2 Å². The Kier molecular flexibility index (Phi) is 18.2. The molecule has 0 spiro atoms. The van der Waals surface area contributed by atoms with E-state index in [-0.39, 0.29) is 57.8 Å². The van der Waals surface area contributed by atoms with Gasteiger partial charge >= 0.3 is 32.1 Å². The number of hydrogen-bond acceptors (Lipinski definition) is 19. The smallest absolute Gasteiger partial charge is 0.335 e. The predicted octanol–water partition coefficient (Wildman–Crippen LogP) is 6.62. The Morgan fingerprint density at radius 2 is 1.66 bits per heavy atom. The van der Waals surface area contributed by atoms with Gasteiger partial charge in [-0.1, -0.05) is 80.5 Å². The van der Waals surface area contributed by atoms with Crippen LogP contribution in [-0.4, -0.2) is 122 Å². The molecule has 5 aromatic rings. The first-order valence-corrected chi connectivity index (χ1v) is 31.5. The normalized spacial score (nSPS) is 24.1. The van der Waals surface area contributed by atoms with E-state index in [1.807, 2.05) is 61.5 Å². The largest absolute Gasteiger partial charge is 0.414 e. The van der Waals surface area contributed by atoms with Crippen molar-refractivity contribution >= 4 is 77.8 Å². The zero-order chi connectivity index (χ0) is 53.2. The van der Waals surface area contributed by atoms with Crippen LogP contribution in [0.25, 0.3) is 22.2 Å². The first kappa shape index (κ1) is 56.7. The highest BCUT2D eigenvalue weighted by atomic mass is 32.5. The number of halogens is 1. The summed E-state index contributed by atoms with van der Waals surface area (Å²) in [6.45, 7) is 11.2. The lowest BCUT2D eigenvalue weighted by molar-refractivity contribution is -0.0556. The van der Waals surface area contributed by atoms with E-state index in [9.17, 15) is 34.2 Å². The average Bonchev–Trinajstić information content (AvgIpc) is 4.10. The number of benzene rings is 1. The molecule has 2 unspecified atom stereocenters. The van der Waals surface area contributed by atoms with Gasteiger partial charge in [0.05, 0.1) is 45.0 Å². The van der Waals surface area contributed by atoms with Crippen LogP contribution in [-0.2, 0) is 52.5 Å². The van der Waals surface area contributed by atoms with Gasteiger partial charge in [0.2, 0.25) is 0 Å². The minimum Gasteiger partial charge on any atom is -0.414 e. The maximum atomic E-state index is 15.8. The Labute approximate surface area is 428 Å². The van der Waals surface area contributed by atoms with Crippen molar-refractivity contribution in [3.63, 3.8) is 0 Å². The molecule has 4 aromatic heterocycles. The Morgan fingerprint density at radius 1 is 0.973 bits per heavy atom. The summed E-state index contributed by atoms with van der Waals surface area (Å²) >= 11 is 6.14. The van der Waals surface area contributed by atoms with Crippen molar-refractivity contribution in [1.82, 2.24) is 34.1 Å². The van der Waals surface area contributed by atoms with E-state index in [4.69, 9.17) is 47.9 Å². The highest BCUT2D eigenvalue weighted by Gasteiger charge is 2.60. The zero-order valence-corrected chi connectivity index (χ0v) is 46.4. The number of carbonyl (C=O) groups is 1. The molecular weight excluding hydrogens is 1050 g/mol. The Morgan fingerprint density at radius 3 is 2.29 bits per heavy atom. The molecule has 7 rings (SSSR count). The molecule has 73 heavy (non-hydrogen) atoms. The van der Waals surface area contributed by atoms with E-state index in [0.29, 0.717) is 5.56 Å². The number of aliphatic hydroxyl groups excluding tert-OH is 1. The summed E-state index contributed by atoms with van der Waals surface area (Å²) in [4.78, 5) is 68.3. The number of imidazole rings is 1. The van der Waals surface area contributed by atoms with Crippen LogP contribution in [0, 0.1) is 23.1 Å². The number of nitrogens with zero attached hydrogens (tertiary/aromatic N) is 7. The molecule has 1 aromatic carbocycles. The third kappa shape index (κ3) is 11.7. The molecule has 0 radical (unpaired) electrons. The standard InChI is InChI=1S/C44H62FN9O14P2SSi2/c1-24(2)72(60,25(3)4)68-73(26(5)6,27(7)8)67-36-31(19-55)63-44(53-18-30(45)33-39(53)48-22-50-42(33)57)37(36)66-70(71,61-17-13-16-46)62-20-32-35(65-69(58)59)28(9)43(64-32)54-23-51-34-38(47-21-49-40(34)54)52-41(56)29-14-11-10-12-15-29/h10-12,14-15,18,21-28,31-32,35-37,43-44,55,60,69H,13,17,19-20H2,1-9H3,(H,58,59)(H,48,50,57)(H,47,49,52,56)/t28-,31-,32-,35+,36-,37-,43-,44-,70?/m1/s1. The molecule has 0 saturated carbocycles. The highest BCUT2D eigenvalue weighted by Crippen LogP contribution is 2.57. The maximum absolute atomic E-state index is 15.8. The van der Waals surface area contributed by atoms with Gasteiger partial charge in [-0.15, -0.1) is 0 Å². The molecule has 6 heterocycles. The van der Waals surface area contributed by atoms with E-state index in [1.165, 1.54) is 17.2 Å². The number of rotatable bonds is 23. The van der Waals surface area contributed by atoms with Gasteiger partial charge in [0.25, 0.3) is 11.5 Å². The summed E-state index contributed by atoms with van der Waals surface area (Å²) in [5, 5.41) is 23.1. The van der Waals surface area contributed by atoms with Gasteiger partial charge in [0.1, 0.15) is 48.5 Å². The lowest BCUT2D eigenvalue weighted by Crippen LogP contribution is -2.62. The molecule has 5 N–H and O–H groups in total. The molecule has 23 nitrogen and oxygen atoms in total. The Hall–Kier alpha value is -4.05. The van der Waals surface area contributed by atoms with Gasteiger partial charge < -0.3 is 61.2 Å². The lowest BCUT2D eigenvalue weighted by atomic mass is 10.0. The van der Waals surface area contributed by atoms with Crippen LogP contribution in [0.1, 0.15) is 91.5 Å². The molecule has 2 fully saturated rings. The highest BCUT2D eigenvalue weighted by molar-refractivity contribution is 8.07. The predicted molar refractivity (Wildman–Crippen MR) is 272 cm³/mol. The summed E-state index contributed by atoms with van der Waals surface area (Å²) in [6, 6.07) is 10.5. The molecule has 0 aliphatic carbocycles. The van der Waals surface area contributed by atoms with E-state index < -0.39 is 117 Å². The van der Waals surface area contributed by atoms with Gasteiger partial charge in [-0.25, -0.2) is 24.3 Å². The molecule has 1 amide bonds. The quantitative estimate of drug-likeness (QED) is 0.0261. The van der Waals surface area contributed by atoms with Crippen molar-refractivity contribution in [2.45, 2.75) is 134 Å². The molecule has 398 valence electrons. The number of ether oxygens (including phenoxy) is 2. The van der Waals surface area contributed by atoms with Crippen molar-refractivity contribution in [3.8, 4) is 6.07 Å². The second-order valence-corrected chi connectivity index (χ2v) is 31.4. The first-order valence-electron chi connectivity index (χ1n) is 23.7. The molecule has 0 bridgehead atoms. The number of carbonyl (C=O) groups excluding carboxylic acids is 1. The monoisotopic (exact) mass is 1110 g/mol. The minimum atomic E-state index is -4.24. The van der Waals surface area contributed by atoms with Crippen LogP contribution in [0.3, 0.4) is 0 Å². The van der Waals surface area contributed by atoms with Gasteiger partial charge in [-0.3, -0.25) is 23.2 Å². The van der Waals surface area contributed by atoms with Crippen molar-refractivity contribution < 1.29 is 64.7 Å². The van der Waals surface area contributed by atoms with Crippen LogP contribution in [0.2, 0.25) is 22.2 Å². The Bertz CT molecular complexity index is 2900. The van der Waals surface area contributed by atoms with Crippen molar-refractivity contribution in [2.75, 3.05) is 25.1 Å². The summed E-state index contributed by atoms with van der Waals surface area (Å²) in [5.74, 6) is -1.96. The van der Waals surface area contributed by atoms with Crippen LogP contribution >= 0.6 is 15.0 Å². The number of hydrogen-bond donors (Lipinski definition) is 5. The molecule has 2 aliphatic heterocycles. The number of aliphatic hydroxyl groups is 1. The van der Waals surface area contributed by atoms with Gasteiger partial charge in [0.15, 0.2) is 34.7 Å². The van der Waals surface area contributed by atoms with Gasteiger partial charge in [0, 0.05) is 17.7 Å². The van der Waals surface area contributed by atoms with E-state index in [2.05, 4.69) is 30.2 Å². The van der Waals surface area contributed by atoms with Gasteiger partial charge in [-0.05, 0) is 46.1 Å². The summed E-state index contributed by atoms with van der Waals surface area (Å²) in [6.07, 6.45) is -4.17. The van der Waals surface area contributed by atoms with Crippen molar-refractivity contribution in [1.29, 1.82) is 5.26 Å². The summed E-state index contributed by atoms with van der Waals surface area (Å²) in [7, 11) is -10.9. The fourth-order valence-electron chi connectivity index (χ4n) is 9.29. The number of nitrogens with one attached hydrogen (secondary N) is 2. The van der Waals surface area contributed by atoms with E-state index >= 15 is 4.39 Å². The molecule has 10 atom stereocenters. The first-order chi connectivity index (χ1) is 34.6. The minimum absolute atomic E-state index is 0.118. The van der Waals surface area contributed by atoms with Gasteiger partial charge in [-0.2, -0.15) is 5.26 Å². The van der Waals surface area contributed by atoms with Crippen LogP contribution in [0.4, 0.5) is 10.2 Å². The topological polar surface area (TPSA) is 299 Å². The zero-order valence-electron chi connectivity index (χ0n) is 41.6. The van der Waals surface area contributed by atoms with Crippen LogP contribution in [0.15, 0.2) is 60.3 Å². The second kappa shape index (κ2) is 23.5. The fraction of sp³-hybridized carbons (Fsp3) is 0.568. The SMILES string of the molecule is CC(C)[Si](O)(O[Si](O[C@H]1[C@@H](OP(=S)(OCCC#N)OC[C@H]2O[C@@H](n3cnc4c(NC(=O)c5ccccc5)ncnc43)[C@H](C)[C@@H]2O[PH](=O)O)[C@H](n2cc(F)c3c(=O)[nH]cnc32)O[C@@H]1CO)(C(C)C)C(C)C)C(C)C. The lowest BCUT2D eigenvalue weighted by Gasteiger charge is -2.47. The fourth-order valence-corrected chi connectivity index (χ4v) is 21.9. The van der Waals surface area contributed by atoms with E-state index in [0.717, 1.165) is 12.5 Å². The summed E-state index contributed by atoms with van der Waals surface area (Å²) < 4.78 is 83.4. The summed E-state index contributed by atoms with van der Waals surface area (Å²) in [5.41, 5.74) is -1.28. The van der Waals surface area contributed by atoms with Crippen molar-refractivity contribution in [2.24, 2.45) is 5.92 Å².